The number of fused-ring (bicyclic) bond motifs is 1. The van der Waals surface area contributed by atoms with Gasteiger partial charge < -0.3 is 5.32 Å². The lowest BCUT2D eigenvalue weighted by molar-refractivity contribution is 0.488. The summed E-state index contributed by atoms with van der Waals surface area (Å²) in [6.45, 7) is 3.28. The molecule has 19 heavy (non-hydrogen) atoms. The molecule has 2 atom stereocenters. The average Bonchev–Trinajstić information content (AvgIpc) is 2.40. The fourth-order valence-electron chi connectivity index (χ4n) is 2.80. The summed E-state index contributed by atoms with van der Waals surface area (Å²) in [6, 6.07) is 17.6. The van der Waals surface area contributed by atoms with Gasteiger partial charge in [0.25, 0.3) is 0 Å². The zero-order valence-electron chi connectivity index (χ0n) is 11.1. The van der Waals surface area contributed by atoms with Crippen molar-refractivity contribution in [1.82, 2.24) is 5.32 Å². The lowest BCUT2D eigenvalue weighted by Crippen LogP contribution is -2.30. The molecule has 1 aliphatic rings. The van der Waals surface area contributed by atoms with E-state index in [0.717, 1.165) is 6.54 Å². The van der Waals surface area contributed by atoms with E-state index in [4.69, 9.17) is 0 Å². The van der Waals surface area contributed by atoms with Gasteiger partial charge in [0.05, 0.1) is 0 Å². The first-order valence-corrected chi connectivity index (χ1v) is 7.60. The molecule has 2 aromatic carbocycles. The van der Waals surface area contributed by atoms with Crippen molar-refractivity contribution in [2.45, 2.75) is 25.3 Å². The van der Waals surface area contributed by atoms with Gasteiger partial charge in [-0.3, -0.25) is 0 Å². The summed E-state index contributed by atoms with van der Waals surface area (Å²) in [7, 11) is 0. The first-order chi connectivity index (χ1) is 9.25. The maximum atomic E-state index is 3.65. The van der Waals surface area contributed by atoms with Crippen LogP contribution in [0, 0.1) is 0 Å². The number of halogens is 1. The van der Waals surface area contributed by atoms with Gasteiger partial charge in [0.15, 0.2) is 0 Å². The summed E-state index contributed by atoms with van der Waals surface area (Å²) in [5.41, 5.74) is 4.37. The Labute approximate surface area is 123 Å². The minimum Gasteiger partial charge on any atom is -0.310 e. The molecular weight excluding hydrogens is 298 g/mol. The van der Waals surface area contributed by atoms with Gasteiger partial charge in [0.2, 0.25) is 0 Å². The molecule has 0 amide bonds. The molecule has 2 aromatic rings. The van der Waals surface area contributed by atoms with Crippen LogP contribution >= 0.6 is 15.9 Å². The first kappa shape index (κ1) is 12.9. The number of benzene rings is 2. The van der Waals surface area contributed by atoms with E-state index in [0.29, 0.717) is 12.0 Å². The van der Waals surface area contributed by atoms with Gasteiger partial charge in [-0.25, -0.2) is 0 Å². The third kappa shape index (κ3) is 2.60. The summed E-state index contributed by atoms with van der Waals surface area (Å²) in [5.74, 6) is 0.682. The molecule has 0 radical (unpaired) electrons. The van der Waals surface area contributed by atoms with Gasteiger partial charge >= 0.3 is 0 Å². The van der Waals surface area contributed by atoms with Gasteiger partial charge in [-0.2, -0.15) is 0 Å². The number of nitrogens with one attached hydrogen (secondary N) is 1. The highest BCUT2D eigenvalue weighted by atomic mass is 79.9. The van der Waals surface area contributed by atoms with Crippen LogP contribution in [-0.2, 0) is 6.42 Å². The molecule has 0 heterocycles. The topological polar surface area (TPSA) is 12.0 Å². The highest BCUT2D eigenvalue weighted by Crippen LogP contribution is 2.34. The third-order valence-electron chi connectivity index (χ3n) is 4.00. The van der Waals surface area contributed by atoms with Gasteiger partial charge in [0, 0.05) is 23.0 Å². The Kier molecular flexibility index (Phi) is 3.72. The highest BCUT2D eigenvalue weighted by Gasteiger charge is 2.25. The summed E-state index contributed by atoms with van der Waals surface area (Å²) in [6.07, 6.45) is 1.21. The van der Waals surface area contributed by atoms with Gasteiger partial charge in [-0.1, -0.05) is 58.4 Å². The minimum atomic E-state index is 0.378. The van der Waals surface area contributed by atoms with E-state index in [9.17, 15) is 0 Å². The quantitative estimate of drug-likeness (QED) is 0.879. The molecule has 98 valence electrons. The molecule has 0 saturated heterocycles. The summed E-state index contributed by atoms with van der Waals surface area (Å²) < 4.78 is 1.18. The van der Waals surface area contributed by atoms with Crippen molar-refractivity contribution in [2.24, 2.45) is 0 Å². The van der Waals surface area contributed by atoms with Crippen molar-refractivity contribution in [1.29, 1.82) is 0 Å². The zero-order valence-corrected chi connectivity index (χ0v) is 12.7. The van der Waals surface area contributed by atoms with Crippen LogP contribution < -0.4 is 5.32 Å². The summed E-state index contributed by atoms with van der Waals surface area (Å²) >= 11 is 3.62. The Morgan fingerprint density at radius 2 is 1.89 bits per heavy atom. The van der Waals surface area contributed by atoms with Crippen LogP contribution in [0.4, 0.5) is 0 Å². The van der Waals surface area contributed by atoms with Crippen LogP contribution in [-0.4, -0.2) is 6.54 Å². The second-order valence-corrected chi connectivity index (χ2v) is 6.11. The molecule has 1 nitrogen and oxygen atoms in total. The lowest BCUT2D eigenvalue weighted by atomic mass is 9.77. The van der Waals surface area contributed by atoms with Crippen molar-refractivity contribution >= 4 is 15.9 Å². The van der Waals surface area contributed by atoms with Crippen LogP contribution in [0.15, 0.2) is 53.0 Å². The van der Waals surface area contributed by atoms with Crippen LogP contribution in [0.25, 0.3) is 0 Å². The van der Waals surface area contributed by atoms with Crippen LogP contribution in [0.3, 0.4) is 0 Å². The van der Waals surface area contributed by atoms with Crippen molar-refractivity contribution in [2.75, 3.05) is 6.54 Å². The molecule has 3 rings (SSSR count). The molecule has 1 unspecified atom stereocenters. The monoisotopic (exact) mass is 315 g/mol. The van der Waals surface area contributed by atoms with Gasteiger partial charge in [-0.15, -0.1) is 0 Å². The van der Waals surface area contributed by atoms with Crippen LogP contribution in [0.1, 0.15) is 35.6 Å². The Balaban J connectivity index is 1.61. The van der Waals surface area contributed by atoms with Gasteiger partial charge in [-0.05, 0) is 36.1 Å². The molecule has 1 N–H and O–H groups in total. The second-order valence-electron chi connectivity index (χ2n) is 5.25. The Bertz CT molecular complexity index is 579. The Morgan fingerprint density at radius 3 is 2.68 bits per heavy atom. The maximum absolute atomic E-state index is 3.65. The molecular formula is C17H18BrN. The lowest BCUT2D eigenvalue weighted by Gasteiger charge is -2.31. The Hall–Kier alpha value is -1.12. The smallest absolute Gasteiger partial charge is 0.0303 e. The number of hydrogen-bond donors (Lipinski definition) is 1. The standard InChI is InChI=1S/C17H18BrN/c1-12(15-7-4-5-9-17(15)18)19-11-14-10-13-6-2-3-8-16(13)14/h2-9,12,14,19H,10-11H2,1H3/t12-,14?/m1/s1. The number of rotatable bonds is 4. The van der Waals surface area contributed by atoms with E-state index in [2.05, 4.69) is 76.7 Å². The van der Waals surface area contributed by atoms with Crippen molar-refractivity contribution in [3.05, 3.63) is 69.7 Å². The van der Waals surface area contributed by atoms with Crippen molar-refractivity contribution in [3.63, 3.8) is 0 Å². The molecule has 0 spiro atoms. The largest absolute Gasteiger partial charge is 0.310 e. The molecule has 0 aromatic heterocycles. The summed E-state index contributed by atoms with van der Waals surface area (Å²) in [5, 5.41) is 3.65. The predicted molar refractivity (Wildman–Crippen MR) is 83.4 cm³/mol. The zero-order chi connectivity index (χ0) is 13.2. The molecule has 0 saturated carbocycles. The van der Waals surface area contributed by atoms with E-state index in [1.54, 1.807) is 0 Å². The molecule has 2 heteroatoms. The Morgan fingerprint density at radius 1 is 1.16 bits per heavy atom. The fourth-order valence-corrected chi connectivity index (χ4v) is 3.43. The first-order valence-electron chi connectivity index (χ1n) is 6.81. The van der Waals surface area contributed by atoms with Crippen molar-refractivity contribution < 1.29 is 0 Å². The highest BCUT2D eigenvalue weighted by molar-refractivity contribution is 9.10. The van der Waals surface area contributed by atoms with E-state index in [1.165, 1.54) is 27.6 Å². The van der Waals surface area contributed by atoms with Crippen LogP contribution in [0.2, 0.25) is 0 Å². The predicted octanol–water partition coefficient (Wildman–Crippen LogP) is 4.44. The van der Waals surface area contributed by atoms with Crippen LogP contribution in [0.5, 0.6) is 0 Å². The van der Waals surface area contributed by atoms with Gasteiger partial charge in [0.1, 0.15) is 0 Å². The third-order valence-corrected chi connectivity index (χ3v) is 4.73. The summed E-state index contributed by atoms with van der Waals surface area (Å²) in [4.78, 5) is 0. The van der Waals surface area contributed by atoms with E-state index >= 15 is 0 Å². The SMILES string of the molecule is C[C@@H](NCC1Cc2ccccc21)c1ccccc1Br. The number of hydrogen-bond acceptors (Lipinski definition) is 1. The van der Waals surface area contributed by atoms with E-state index in [-0.39, 0.29) is 0 Å². The average molecular weight is 316 g/mol. The van der Waals surface area contributed by atoms with E-state index in [1.807, 2.05) is 0 Å². The van der Waals surface area contributed by atoms with E-state index < -0.39 is 0 Å². The fraction of sp³-hybridized carbons (Fsp3) is 0.294. The van der Waals surface area contributed by atoms with Crippen molar-refractivity contribution in [3.8, 4) is 0 Å². The normalized spacial score (nSPS) is 18.5. The molecule has 0 aliphatic heterocycles. The molecule has 0 fully saturated rings. The minimum absolute atomic E-state index is 0.378. The molecule has 0 bridgehead atoms. The second kappa shape index (κ2) is 5.48. The maximum Gasteiger partial charge on any atom is 0.0303 e. The molecule has 1 aliphatic carbocycles.